The Morgan fingerprint density at radius 3 is 2.38 bits per heavy atom. The Hall–Kier alpha value is -3.42. The predicted molar refractivity (Wildman–Crippen MR) is 92.0 cm³/mol. The molecule has 0 aromatic heterocycles. The van der Waals surface area contributed by atoms with Crippen LogP contribution in [0.5, 0.6) is 11.5 Å². The van der Waals surface area contributed by atoms with Crippen LogP contribution in [-0.4, -0.2) is 37.5 Å². The number of nitro benzene ring substituents is 1. The fraction of sp³-hybridized carbons (Fsp3) is 0.222. The van der Waals surface area contributed by atoms with Crippen LogP contribution >= 0.6 is 0 Å². The highest BCUT2D eigenvalue weighted by Gasteiger charge is 2.24. The molecule has 0 unspecified atom stereocenters. The first-order valence-electron chi connectivity index (χ1n) is 7.55. The smallest absolute Gasteiger partial charge is 0.345 e. The lowest BCUT2D eigenvalue weighted by molar-refractivity contribution is -0.385. The number of carbonyl (C=O) groups excluding carboxylic acids is 2. The molecule has 0 saturated heterocycles. The van der Waals surface area contributed by atoms with Crippen LogP contribution in [0.3, 0.4) is 0 Å². The van der Waals surface area contributed by atoms with Gasteiger partial charge in [-0.2, -0.15) is 0 Å². The Bertz CT molecular complexity index is 861. The molecule has 0 aliphatic rings. The summed E-state index contributed by atoms with van der Waals surface area (Å²) in [5.74, 6) is -0.588. The average molecular weight is 359 g/mol. The fourth-order valence-electron chi connectivity index (χ4n) is 2.37. The van der Waals surface area contributed by atoms with Gasteiger partial charge in [-0.3, -0.25) is 14.9 Å². The third-order valence-electron chi connectivity index (χ3n) is 3.69. The number of carbonyl (C=O) groups is 2. The van der Waals surface area contributed by atoms with Crippen molar-refractivity contribution in [2.24, 2.45) is 0 Å². The van der Waals surface area contributed by atoms with Gasteiger partial charge in [-0.15, -0.1) is 0 Å². The molecule has 0 radical (unpaired) electrons. The maximum absolute atomic E-state index is 12.2. The number of hydrogen-bond donors (Lipinski definition) is 0. The number of Topliss-reactive ketones (excluding diaryl/α,β-unsaturated/α-hetero) is 1. The molecule has 8 heteroatoms. The van der Waals surface area contributed by atoms with E-state index in [0.29, 0.717) is 17.1 Å². The minimum atomic E-state index is -0.927. The minimum Gasteiger partial charge on any atom is -0.493 e. The van der Waals surface area contributed by atoms with Gasteiger partial charge in [0.05, 0.1) is 19.1 Å². The molecule has 0 atom stereocenters. The standard InChI is InChI=1S/C18H17NO7/c1-11-5-4-6-13(19(22)23)17(11)18(21)26-10-14(20)12-7-8-15(24-2)16(9-12)25-3/h4-9H,10H2,1-3H3. The predicted octanol–water partition coefficient (Wildman–Crippen LogP) is 2.96. The second-order valence-corrected chi connectivity index (χ2v) is 5.30. The summed E-state index contributed by atoms with van der Waals surface area (Å²) in [6.07, 6.45) is 0. The van der Waals surface area contributed by atoms with Crippen LogP contribution in [-0.2, 0) is 4.74 Å². The van der Waals surface area contributed by atoms with Crippen LogP contribution in [0.15, 0.2) is 36.4 Å². The highest BCUT2D eigenvalue weighted by molar-refractivity contribution is 6.01. The number of methoxy groups -OCH3 is 2. The molecule has 8 nitrogen and oxygen atoms in total. The van der Waals surface area contributed by atoms with E-state index in [2.05, 4.69) is 0 Å². The molecule has 0 bridgehead atoms. The zero-order valence-corrected chi connectivity index (χ0v) is 14.5. The van der Waals surface area contributed by atoms with Gasteiger partial charge in [0.2, 0.25) is 0 Å². The fourth-order valence-corrected chi connectivity index (χ4v) is 2.37. The number of nitrogens with zero attached hydrogens (tertiary/aromatic N) is 1. The molecule has 2 aromatic carbocycles. The van der Waals surface area contributed by atoms with Crippen LogP contribution in [0, 0.1) is 17.0 Å². The summed E-state index contributed by atoms with van der Waals surface area (Å²) in [7, 11) is 2.90. The van der Waals surface area contributed by atoms with Gasteiger partial charge >= 0.3 is 5.97 Å². The Labute approximate surface area is 149 Å². The van der Waals surface area contributed by atoms with Crippen molar-refractivity contribution in [2.45, 2.75) is 6.92 Å². The molecule has 136 valence electrons. The average Bonchev–Trinajstić information content (AvgIpc) is 2.64. The molecule has 0 saturated carbocycles. The Morgan fingerprint density at radius 2 is 1.77 bits per heavy atom. The molecule has 0 spiro atoms. The molecule has 0 N–H and O–H groups in total. The summed E-state index contributed by atoms with van der Waals surface area (Å²) in [6.45, 7) is 1.000. The molecule has 0 aliphatic heterocycles. The van der Waals surface area contributed by atoms with E-state index in [9.17, 15) is 19.7 Å². The van der Waals surface area contributed by atoms with Gasteiger partial charge < -0.3 is 14.2 Å². The lowest BCUT2D eigenvalue weighted by Gasteiger charge is -2.10. The first-order chi connectivity index (χ1) is 12.4. The summed E-state index contributed by atoms with van der Waals surface area (Å²) < 4.78 is 15.2. The van der Waals surface area contributed by atoms with Crippen LogP contribution in [0.25, 0.3) is 0 Å². The highest BCUT2D eigenvalue weighted by Crippen LogP contribution is 2.28. The van der Waals surface area contributed by atoms with Gasteiger partial charge in [-0.1, -0.05) is 12.1 Å². The molecule has 26 heavy (non-hydrogen) atoms. The van der Waals surface area contributed by atoms with E-state index in [1.54, 1.807) is 19.1 Å². The molecular weight excluding hydrogens is 342 g/mol. The van der Waals surface area contributed by atoms with Crippen molar-refractivity contribution in [1.29, 1.82) is 0 Å². The zero-order chi connectivity index (χ0) is 19.3. The lowest BCUT2D eigenvalue weighted by Crippen LogP contribution is -2.16. The van der Waals surface area contributed by atoms with E-state index >= 15 is 0 Å². The third kappa shape index (κ3) is 3.97. The number of hydrogen-bond acceptors (Lipinski definition) is 7. The lowest BCUT2D eigenvalue weighted by atomic mass is 10.1. The summed E-state index contributed by atoms with van der Waals surface area (Å²) in [5, 5.41) is 11.1. The normalized spacial score (nSPS) is 10.1. The largest absolute Gasteiger partial charge is 0.493 e. The maximum atomic E-state index is 12.2. The summed E-state index contributed by atoms with van der Waals surface area (Å²) in [4.78, 5) is 34.9. The van der Waals surface area contributed by atoms with Crippen molar-refractivity contribution in [2.75, 3.05) is 20.8 Å². The van der Waals surface area contributed by atoms with E-state index in [1.165, 1.54) is 38.5 Å². The summed E-state index contributed by atoms with van der Waals surface area (Å²) in [5.41, 5.74) is 0.115. The van der Waals surface area contributed by atoms with Crippen molar-refractivity contribution < 1.29 is 28.7 Å². The number of nitro groups is 1. The number of rotatable bonds is 7. The van der Waals surface area contributed by atoms with Crippen LogP contribution in [0.4, 0.5) is 5.69 Å². The van der Waals surface area contributed by atoms with Crippen molar-refractivity contribution in [3.8, 4) is 11.5 Å². The van der Waals surface area contributed by atoms with Crippen molar-refractivity contribution >= 4 is 17.4 Å². The van der Waals surface area contributed by atoms with Crippen LogP contribution in [0.2, 0.25) is 0 Å². The SMILES string of the molecule is COc1ccc(C(=O)COC(=O)c2c(C)cccc2[N+](=O)[O-])cc1OC. The Kier molecular flexibility index (Phi) is 5.90. The van der Waals surface area contributed by atoms with Crippen molar-refractivity contribution in [3.63, 3.8) is 0 Å². The molecular formula is C18H17NO7. The van der Waals surface area contributed by atoms with Gasteiger partial charge in [0.25, 0.3) is 5.69 Å². The third-order valence-corrected chi connectivity index (χ3v) is 3.69. The Balaban J connectivity index is 2.15. The number of aryl methyl sites for hydroxylation is 1. The van der Waals surface area contributed by atoms with Gasteiger partial charge in [0.1, 0.15) is 5.56 Å². The second-order valence-electron chi connectivity index (χ2n) is 5.30. The molecule has 0 fully saturated rings. The zero-order valence-electron chi connectivity index (χ0n) is 14.5. The van der Waals surface area contributed by atoms with E-state index in [1.807, 2.05) is 0 Å². The first-order valence-corrected chi connectivity index (χ1v) is 7.55. The topological polar surface area (TPSA) is 105 Å². The number of benzene rings is 2. The monoisotopic (exact) mass is 359 g/mol. The molecule has 0 aliphatic carbocycles. The van der Waals surface area contributed by atoms with Gasteiger partial charge in [0.15, 0.2) is 23.9 Å². The van der Waals surface area contributed by atoms with E-state index < -0.39 is 23.3 Å². The van der Waals surface area contributed by atoms with Gasteiger partial charge in [-0.05, 0) is 30.7 Å². The molecule has 0 heterocycles. The molecule has 0 amide bonds. The van der Waals surface area contributed by atoms with Crippen molar-refractivity contribution in [3.05, 3.63) is 63.2 Å². The van der Waals surface area contributed by atoms with E-state index in [4.69, 9.17) is 14.2 Å². The number of esters is 1. The maximum Gasteiger partial charge on any atom is 0.345 e. The van der Waals surface area contributed by atoms with Crippen LogP contribution < -0.4 is 9.47 Å². The van der Waals surface area contributed by atoms with Gasteiger partial charge in [-0.25, -0.2) is 4.79 Å². The highest BCUT2D eigenvalue weighted by atomic mass is 16.6. The summed E-state index contributed by atoms with van der Waals surface area (Å²) in [6, 6.07) is 8.76. The quantitative estimate of drug-likeness (QED) is 0.324. The van der Waals surface area contributed by atoms with Crippen molar-refractivity contribution in [1.82, 2.24) is 0 Å². The van der Waals surface area contributed by atoms with Gasteiger partial charge in [0, 0.05) is 11.6 Å². The minimum absolute atomic E-state index is 0.169. The van der Waals surface area contributed by atoms with E-state index in [-0.39, 0.29) is 16.8 Å². The molecule has 2 rings (SSSR count). The van der Waals surface area contributed by atoms with Crippen LogP contribution in [0.1, 0.15) is 26.3 Å². The van der Waals surface area contributed by atoms with E-state index in [0.717, 1.165) is 0 Å². The molecule has 2 aromatic rings. The Morgan fingerprint density at radius 1 is 1.08 bits per heavy atom. The first kappa shape index (κ1) is 18.9. The number of ketones is 1. The summed E-state index contributed by atoms with van der Waals surface area (Å²) >= 11 is 0. The second kappa shape index (κ2) is 8.11. The number of ether oxygens (including phenoxy) is 3.